The van der Waals surface area contributed by atoms with Crippen LogP contribution in [0.4, 0.5) is 0 Å². The minimum atomic E-state index is -0.638. The van der Waals surface area contributed by atoms with Crippen molar-refractivity contribution in [3.05, 3.63) is 34.9 Å². The van der Waals surface area contributed by atoms with Crippen LogP contribution < -0.4 is 5.32 Å². The summed E-state index contributed by atoms with van der Waals surface area (Å²) in [6.07, 6.45) is 4.66. The number of carbonyl (C=O) groups is 2. The molecule has 2 amide bonds. The van der Waals surface area contributed by atoms with Gasteiger partial charge in [-0.15, -0.1) is 0 Å². The van der Waals surface area contributed by atoms with Crippen molar-refractivity contribution in [3.8, 4) is 0 Å². The molecule has 0 spiro atoms. The van der Waals surface area contributed by atoms with E-state index in [0.717, 1.165) is 18.4 Å². The lowest BCUT2D eigenvalue weighted by molar-refractivity contribution is -0.145. The molecular formula is C17H24N2O3. The molecule has 0 radical (unpaired) electrons. The summed E-state index contributed by atoms with van der Waals surface area (Å²) in [6, 6.07) is 6.08. The van der Waals surface area contributed by atoms with Crippen LogP contribution in [0.5, 0.6) is 0 Å². The fraction of sp³-hybridized carbons (Fsp3) is 0.529. The highest BCUT2D eigenvalue weighted by molar-refractivity contribution is 6.35. The SMILES string of the molecule is CC(NC(=O)C(=O)N(C)CCO)c1ccc2c(c1)CCCC2. The molecule has 0 aliphatic heterocycles. The van der Waals surface area contributed by atoms with E-state index in [1.165, 1.54) is 35.9 Å². The number of carbonyl (C=O) groups excluding carboxylic acids is 2. The van der Waals surface area contributed by atoms with E-state index in [1.807, 2.05) is 13.0 Å². The van der Waals surface area contributed by atoms with Gasteiger partial charge in [0.15, 0.2) is 0 Å². The predicted octanol–water partition coefficient (Wildman–Crippen LogP) is 1.19. The highest BCUT2D eigenvalue weighted by atomic mass is 16.3. The van der Waals surface area contributed by atoms with Crippen LogP contribution in [0.1, 0.15) is 42.5 Å². The molecule has 1 unspecified atom stereocenters. The first kappa shape index (κ1) is 16.5. The van der Waals surface area contributed by atoms with Crippen LogP contribution >= 0.6 is 0 Å². The molecule has 0 bridgehead atoms. The Hall–Kier alpha value is -1.88. The Kier molecular flexibility index (Phi) is 5.55. The van der Waals surface area contributed by atoms with Crippen molar-refractivity contribution in [3.63, 3.8) is 0 Å². The first-order chi connectivity index (χ1) is 10.5. The highest BCUT2D eigenvalue weighted by Crippen LogP contribution is 2.24. The van der Waals surface area contributed by atoms with Crippen LogP contribution in [0, 0.1) is 0 Å². The number of aryl methyl sites for hydroxylation is 2. The lowest BCUT2D eigenvalue weighted by Gasteiger charge is -2.21. The molecule has 1 aromatic carbocycles. The summed E-state index contributed by atoms with van der Waals surface area (Å²) in [6.45, 7) is 1.87. The molecule has 1 aromatic rings. The number of benzene rings is 1. The second-order valence-electron chi connectivity index (χ2n) is 5.88. The van der Waals surface area contributed by atoms with Crippen molar-refractivity contribution in [1.29, 1.82) is 0 Å². The predicted molar refractivity (Wildman–Crippen MR) is 84.4 cm³/mol. The smallest absolute Gasteiger partial charge is 0.311 e. The number of amides is 2. The number of rotatable bonds is 4. The average molecular weight is 304 g/mol. The van der Waals surface area contributed by atoms with Crippen LogP contribution in [0.25, 0.3) is 0 Å². The fourth-order valence-electron chi connectivity index (χ4n) is 2.79. The standard InChI is InChI=1S/C17H24N2O3/c1-12(18-16(21)17(22)19(2)9-10-20)14-8-7-13-5-3-4-6-15(13)11-14/h7-8,11-12,20H,3-6,9-10H2,1-2H3,(H,18,21). The zero-order chi connectivity index (χ0) is 16.1. The van der Waals surface area contributed by atoms with Gasteiger partial charge in [-0.1, -0.05) is 18.2 Å². The molecule has 2 rings (SSSR count). The third kappa shape index (κ3) is 3.85. The summed E-state index contributed by atoms with van der Waals surface area (Å²) in [7, 11) is 1.50. The molecule has 0 saturated carbocycles. The number of hydrogen-bond acceptors (Lipinski definition) is 3. The fourth-order valence-corrected chi connectivity index (χ4v) is 2.79. The zero-order valence-corrected chi connectivity index (χ0v) is 13.3. The van der Waals surface area contributed by atoms with Gasteiger partial charge in [-0.05, 0) is 49.3 Å². The van der Waals surface area contributed by atoms with E-state index in [0.29, 0.717) is 0 Å². The van der Waals surface area contributed by atoms with Crippen molar-refractivity contribution >= 4 is 11.8 Å². The minimum Gasteiger partial charge on any atom is -0.395 e. The Labute approximate surface area is 131 Å². The summed E-state index contributed by atoms with van der Waals surface area (Å²) in [5.41, 5.74) is 3.77. The molecule has 5 nitrogen and oxygen atoms in total. The normalized spacial score (nSPS) is 14.9. The van der Waals surface area contributed by atoms with Gasteiger partial charge >= 0.3 is 11.8 Å². The van der Waals surface area contributed by atoms with Crippen LogP contribution in [-0.2, 0) is 22.4 Å². The Morgan fingerprint density at radius 3 is 2.64 bits per heavy atom. The summed E-state index contributed by atoms with van der Waals surface area (Å²) in [4.78, 5) is 25.0. The van der Waals surface area contributed by atoms with Gasteiger partial charge < -0.3 is 15.3 Å². The van der Waals surface area contributed by atoms with E-state index in [1.54, 1.807) is 0 Å². The third-order valence-corrected chi connectivity index (χ3v) is 4.20. The maximum atomic E-state index is 11.9. The summed E-state index contributed by atoms with van der Waals surface area (Å²) in [5, 5.41) is 11.5. The number of aliphatic hydroxyl groups is 1. The van der Waals surface area contributed by atoms with Crippen LogP contribution in [-0.4, -0.2) is 42.0 Å². The van der Waals surface area contributed by atoms with Crippen LogP contribution in [0.2, 0.25) is 0 Å². The first-order valence-electron chi connectivity index (χ1n) is 7.81. The monoisotopic (exact) mass is 304 g/mol. The number of likely N-dealkylation sites (N-methyl/N-ethyl adjacent to an activating group) is 1. The van der Waals surface area contributed by atoms with Gasteiger partial charge in [-0.3, -0.25) is 9.59 Å². The van der Waals surface area contributed by atoms with Crippen LogP contribution in [0.15, 0.2) is 18.2 Å². The van der Waals surface area contributed by atoms with E-state index >= 15 is 0 Å². The molecule has 0 heterocycles. The molecule has 2 N–H and O–H groups in total. The number of hydrogen-bond donors (Lipinski definition) is 2. The van der Waals surface area contributed by atoms with Crippen molar-refractivity contribution in [2.75, 3.05) is 20.2 Å². The Morgan fingerprint density at radius 2 is 1.95 bits per heavy atom. The van der Waals surface area contributed by atoms with E-state index < -0.39 is 11.8 Å². The van der Waals surface area contributed by atoms with Crippen molar-refractivity contribution < 1.29 is 14.7 Å². The topological polar surface area (TPSA) is 69.6 Å². The molecule has 0 saturated heterocycles. The van der Waals surface area contributed by atoms with E-state index in [-0.39, 0.29) is 19.2 Å². The maximum absolute atomic E-state index is 11.9. The number of fused-ring (bicyclic) bond motifs is 1. The molecule has 0 aromatic heterocycles. The van der Waals surface area contributed by atoms with Gasteiger partial charge in [0.25, 0.3) is 0 Å². The maximum Gasteiger partial charge on any atom is 0.311 e. The molecule has 22 heavy (non-hydrogen) atoms. The third-order valence-electron chi connectivity index (χ3n) is 4.20. The molecule has 1 atom stereocenters. The molecule has 1 aliphatic carbocycles. The van der Waals surface area contributed by atoms with Gasteiger partial charge in [-0.2, -0.15) is 0 Å². The first-order valence-corrected chi connectivity index (χ1v) is 7.81. The summed E-state index contributed by atoms with van der Waals surface area (Å²) in [5.74, 6) is -1.26. The van der Waals surface area contributed by atoms with Gasteiger partial charge in [0, 0.05) is 13.6 Å². The minimum absolute atomic E-state index is 0.152. The second kappa shape index (κ2) is 7.40. The Bertz CT molecular complexity index is 557. The molecule has 1 aliphatic rings. The molecule has 5 heteroatoms. The summed E-state index contributed by atoms with van der Waals surface area (Å²) < 4.78 is 0. The van der Waals surface area contributed by atoms with Crippen LogP contribution in [0.3, 0.4) is 0 Å². The number of aliphatic hydroxyl groups excluding tert-OH is 1. The average Bonchev–Trinajstić information content (AvgIpc) is 2.53. The van der Waals surface area contributed by atoms with E-state index in [9.17, 15) is 9.59 Å². The summed E-state index contributed by atoms with van der Waals surface area (Å²) >= 11 is 0. The lowest BCUT2D eigenvalue weighted by Crippen LogP contribution is -2.42. The number of nitrogens with one attached hydrogen (secondary N) is 1. The molecule has 120 valence electrons. The van der Waals surface area contributed by atoms with Crippen molar-refractivity contribution in [1.82, 2.24) is 10.2 Å². The lowest BCUT2D eigenvalue weighted by atomic mass is 9.89. The van der Waals surface area contributed by atoms with E-state index in [2.05, 4.69) is 17.4 Å². The van der Waals surface area contributed by atoms with Gasteiger partial charge in [0.1, 0.15) is 0 Å². The molecular weight excluding hydrogens is 280 g/mol. The Morgan fingerprint density at radius 1 is 1.27 bits per heavy atom. The largest absolute Gasteiger partial charge is 0.395 e. The number of nitrogens with zero attached hydrogens (tertiary/aromatic N) is 1. The van der Waals surface area contributed by atoms with Gasteiger partial charge in [-0.25, -0.2) is 0 Å². The highest BCUT2D eigenvalue weighted by Gasteiger charge is 2.21. The Balaban J connectivity index is 2.01. The van der Waals surface area contributed by atoms with E-state index in [4.69, 9.17) is 5.11 Å². The second-order valence-corrected chi connectivity index (χ2v) is 5.88. The van der Waals surface area contributed by atoms with Crippen molar-refractivity contribution in [2.24, 2.45) is 0 Å². The molecule has 0 fully saturated rings. The van der Waals surface area contributed by atoms with Gasteiger partial charge in [0.2, 0.25) is 0 Å². The zero-order valence-electron chi connectivity index (χ0n) is 13.3. The van der Waals surface area contributed by atoms with Gasteiger partial charge in [0.05, 0.1) is 12.6 Å². The quantitative estimate of drug-likeness (QED) is 0.821. The van der Waals surface area contributed by atoms with Crippen molar-refractivity contribution in [2.45, 2.75) is 38.6 Å².